The zero-order valence-corrected chi connectivity index (χ0v) is 65.9. The lowest BCUT2D eigenvalue weighted by Gasteiger charge is -2.21. The Kier molecular flexibility index (Phi) is 69.3. The zero-order valence-electron chi connectivity index (χ0n) is 64.1. The summed E-state index contributed by atoms with van der Waals surface area (Å²) in [4.78, 5) is 72.8. The van der Waals surface area contributed by atoms with Crippen LogP contribution >= 0.6 is 15.6 Å². The van der Waals surface area contributed by atoms with Gasteiger partial charge in [0.15, 0.2) is 12.2 Å². The molecule has 0 aromatic rings. The molecule has 0 aliphatic rings. The van der Waals surface area contributed by atoms with Crippen LogP contribution in [0.4, 0.5) is 0 Å². The van der Waals surface area contributed by atoms with Crippen LogP contribution < -0.4 is 0 Å². The lowest BCUT2D eigenvalue weighted by molar-refractivity contribution is -0.161. The van der Waals surface area contributed by atoms with E-state index in [2.05, 4.69) is 41.5 Å². The first-order valence-electron chi connectivity index (χ1n) is 41.0. The molecule has 5 atom stereocenters. The van der Waals surface area contributed by atoms with Crippen LogP contribution in [0.15, 0.2) is 0 Å². The summed E-state index contributed by atoms with van der Waals surface area (Å²) >= 11 is 0. The Morgan fingerprint density at radius 2 is 0.469 bits per heavy atom. The van der Waals surface area contributed by atoms with E-state index in [0.717, 1.165) is 102 Å². The maximum Gasteiger partial charge on any atom is 0.472 e. The van der Waals surface area contributed by atoms with Crippen molar-refractivity contribution in [1.29, 1.82) is 0 Å². The minimum Gasteiger partial charge on any atom is -0.462 e. The summed E-state index contributed by atoms with van der Waals surface area (Å²) in [7, 11) is -9.91. The van der Waals surface area contributed by atoms with Gasteiger partial charge in [-0.1, -0.05) is 363 Å². The summed E-state index contributed by atoms with van der Waals surface area (Å²) in [5.74, 6) is -0.597. The molecule has 98 heavy (non-hydrogen) atoms. The molecule has 0 amide bonds. The number of hydrogen-bond donors (Lipinski definition) is 3. The van der Waals surface area contributed by atoms with Gasteiger partial charge in [-0.2, -0.15) is 0 Å². The Labute approximate surface area is 600 Å². The number of aliphatic hydroxyl groups excluding tert-OH is 1. The standard InChI is InChI=1S/C79H154O17P2/c1-7-9-11-13-15-17-18-19-20-21-22-23-24-25-26-27-28-33-39-45-51-57-63-78(83)95-75(68-90-77(82)62-56-50-44-38-32-30-29-31-36-41-47-53-59-71(3)4)70-94-98(87,88)92-66-73(80)65-91-97(85,86)93-69-74(67-89-76(81)61-55-49-43-35-16-14-12-10-8-2)96-79(84)64-58-52-46-40-34-37-42-48-54-60-72(5)6/h71-75,80H,7-70H2,1-6H3,(H,85,86)(H,87,88)/t73-,74+,75+/m0/s1. The van der Waals surface area contributed by atoms with Gasteiger partial charge < -0.3 is 33.8 Å². The molecule has 0 aliphatic carbocycles. The molecule has 0 heterocycles. The zero-order chi connectivity index (χ0) is 72.1. The Bertz CT molecular complexity index is 1890. The predicted molar refractivity (Wildman–Crippen MR) is 400 cm³/mol. The molecule has 0 aromatic carbocycles. The summed E-state index contributed by atoms with van der Waals surface area (Å²) < 4.78 is 68.6. The molecule has 0 aliphatic heterocycles. The van der Waals surface area contributed by atoms with E-state index in [-0.39, 0.29) is 25.7 Å². The molecule has 582 valence electrons. The fraction of sp³-hybridized carbons (Fsp3) is 0.949. The van der Waals surface area contributed by atoms with Gasteiger partial charge in [0.1, 0.15) is 19.3 Å². The molecular weight excluding hydrogens is 1280 g/mol. The number of carbonyl (C=O) groups is 4. The normalized spacial score (nSPS) is 13.9. The molecule has 0 saturated heterocycles. The second-order valence-corrected chi connectivity index (χ2v) is 32.3. The maximum absolute atomic E-state index is 13.1. The van der Waals surface area contributed by atoms with Gasteiger partial charge >= 0.3 is 39.5 Å². The van der Waals surface area contributed by atoms with Crippen molar-refractivity contribution in [3.05, 3.63) is 0 Å². The van der Waals surface area contributed by atoms with Gasteiger partial charge in [-0.05, 0) is 37.5 Å². The SMILES string of the molecule is CCCCCCCCCCCCCCCCCCCCCCCCC(=O)O[C@H](COC(=O)CCCCCCCCCCCCCCC(C)C)COP(=O)(O)OC[C@@H](O)COP(=O)(O)OC[C@@H](COC(=O)CCCCCCCCCCC)OC(=O)CCCCCCCCCCCC(C)C. The summed E-state index contributed by atoms with van der Waals surface area (Å²) in [5.41, 5.74) is 0. The smallest absolute Gasteiger partial charge is 0.462 e. The topological polar surface area (TPSA) is 237 Å². The molecule has 0 aromatic heterocycles. The molecule has 0 saturated carbocycles. The molecule has 0 spiro atoms. The quantitative estimate of drug-likeness (QED) is 0.0222. The maximum atomic E-state index is 13.1. The molecule has 0 fully saturated rings. The van der Waals surface area contributed by atoms with Crippen molar-refractivity contribution in [3.8, 4) is 0 Å². The number of unbranched alkanes of at least 4 members (excludes halogenated alkanes) is 48. The lowest BCUT2D eigenvalue weighted by atomic mass is 10.0. The molecule has 0 bridgehead atoms. The Morgan fingerprint density at radius 1 is 0.276 bits per heavy atom. The van der Waals surface area contributed by atoms with Crippen LogP contribution in [0.1, 0.15) is 414 Å². The molecule has 0 rings (SSSR count). The largest absolute Gasteiger partial charge is 0.472 e. The van der Waals surface area contributed by atoms with E-state index in [1.807, 2.05) is 0 Å². The fourth-order valence-corrected chi connectivity index (χ4v) is 13.8. The summed E-state index contributed by atoms with van der Waals surface area (Å²) in [6.07, 6.45) is 59.8. The van der Waals surface area contributed by atoms with Crippen LogP contribution in [-0.2, 0) is 65.4 Å². The number of carbonyl (C=O) groups excluding carboxylic acids is 4. The number of ether oxygens (including phenoxy) is 4. The van der Waals surface area contributed by atoms with Crippen molar-refractivity contribution in [1.82, 2.24) is 0 Å². The molecular formula is C79H154O17P2. The Morgan fingerprint density at radius 3 is 0.694 bits per heavy atom. The van der Waals surface area contributed by atoms with Crippen LogP contribution in [-0.4, -0.2) is 96.7 Å². The summed E-state index contributed by atoms with van der Waals surface area (Å²) in [6, 6.07) is 0. The average Bonchev–Trinajstić information content (AvgIpc) is 1.10. The van der Waals surface area contributed by atoms with Gasteiger partial charge in [0.05, 0.1) is 26.4 Å². The minimum absolute atomic E-state index is 0.105. The molecule has 3 N–H and O–H groups in total. The van der Waals surface area contributed by atoms with E-state index >= 15 is 0 Å². The van der Waals surface area contributed by atoms with E-state index in [1.165, 1.54) is 231 Å². The van der Waals surface area contributed by atoms with E-state index < -0.39 is 97.5 Å². The average molecular weight is 1440 g/mol. The lowest BCUT2D eigenvalue weighted by Crippen LogP contribution is -2.30. The molecule has 19 heteroatoms. The van der Waals surface area contributed by atoms with E-state index in [0.29, 0.717) is 25.7 Å². The Balaban J connectivity index is 5.19. The van der Waals surface area contributed by atoms with Crippen LogP contribution in [0.2, 0.25) is 0 Å². The Hall–Kier alpha value is -1.94. The summed E-state index contributed by atoms with van der Waals surface area (Å²) in [6.45, 7) is 9.58. The minimum atomic E-state index is -4.96. The van der Waals surface area contributed by atoms with Gasteiger partial charge in [-0.15, -0.1) is 0 Å². The highest BCUT2D eigenvalue weighted by Crippen LogP contribution is 2.45. The first-order valence-corrected chi connectivity index (χ1v) is 44.0. The molecule has 17 nitrogen and oxygen atoms in total. The van der Waals surface area contributed by atoms with Gasteiger partial charge in [0.2, 0.25) is 0 Å². The van der Waals surface area contributed by atoms with Gasteiger partial charge in [0, 0.05) is 25.7 Å². The van der Waals surface area contributed by atoms with Gasteiger partial charge in [-0.25, -0.2) is 9.13 Å². The van der Waals surface area contributed by atoms with Gasteiger partial charge in [-0.3, -0.25) is 37.3 Å². The first kappa shape index (κ1) is 96.1. The highest BCUT2D eigenvalue weighted by atomic mass is 31.2. The van der Waals surface area contributed by atoms with Crippen LogP contribution in [0, 0.1) is 11.8 Å². The number of rotatable bonds is 78. The van der Waals surface area contributed by atoms with E-state index in [1.54, 1.807) is 0 Å². The van der Waals surface area contributed by atoms with E-state index in [4.69, 9.17) is 37.0 Å². The fourth-order valence-electron chi connectivity index (χ4n) is 12.2. The number of phosphoric ester groups is 2. The van der Waals surface area contributed by atoms with Crippen LogP contribution in [0.3, 0.4) is 0 Å². The van der Waals surface area contributed by atoms with Crippen molar-refractivity contribution < 1.29 is 80.2 Å². The molecule has 2 unspecified atom stereocenters. The van der Waals surface area contributed by atoms with Crippen molar-refractivity contribution in [2.24, 2.45) is 11.8 Å². The van der Waals surface area contributed by atoms with Crippen molar-refractivity contribution >= 4 is 39.5 Å². The number of hydrogen-bond acceptors (Lipinski definition) is 15. The second kappa shape index (κ2) is 70.7. The van der Waals surface area contributed by atoms with Gasteiger partial charge in [0.25, 0.3) is 0 Å². The number of esters is 4. The first-order chi connectivity index (χ1) is 47.4. The van der Waals surface area contributed by atoms with Crippen LogP contribution in [0.5, 0.6) is 0 Å². The molecule has 0 radical (unpaired) electrons. The van der Waals surface area contributed by atoms with E-state index in [9.17, 15) is 43.2 Å². The van der Waals surface area contributed by atoms with Crippen molar-refractivity contribution in [2.75, 3.05) is 39.6 Å². The third kappa shape index (κ3) is 72.4. The predicted octanol–water partition coefficient (Wildman–Crippen LogP) is 23.5. The number of aliphatic hydroxyl groups is 1. The van der Waals surface area contributed by atoms with Crippen molar-refractivity contribution in [2.45, 2.75) is 432 Å². The second-order valence-electron chi connectivity index (χ2n) is 29.4. The number of phosphoric acid groups is 2. The van der Waals surface area contributed by atoms with Crippen molar-refractivity contribution in [3.63, 3.8) is 0 Å². The van der Waals surface area contributed by atoms with Crippen LogP contribution in [0.25, 0.3) is 0 Å². The third-order valence-corrected chi connectivity index (χ3v) is 20.4. The highest BCUT2D eigenvalue weighted by molar-refractivity contribution is 7.47. The highest BCUT2D eigenvalue weighted by Gasteiger charge is 2.30. The monoisotopic (exact) mass is 1440 g/mol. The summed E-state index contributed by atoms with van der Waals surface area (Å²) in [5, 5.41) is 10.6. The third-order valence-electron chi connectivity index (χ3n) is 18.5.